The zero-order chi connectivity index (χ0) is 18.6. The molecule has 1 aromatic heterocycles. The number of guanidine groups is 1. The molecule has 0 aliphatic carbocycles. The Morgan fingerprint density at radius 2 is 2.04 bits per heavy atom. The molecule has 1 atom stereocenters. The highest BCUT2D eigenvalue weighted by atomic mass is 127. The van der Waals surface area contributed by atoms with E-state index in [2.05, 4.69) is 63.3 Å². The number of rotatable bonds is 10. The quantitative estimate of drug-likeness (QED) is 0.299. The van der Waals surface area contributed by atoms with Gasteiger partial charge in [-0.2, -0.15) is 0 Å². The smallest absolute Gasteiger partial charge is 0.191 e. The van der Waals surface area contributed by atoms with Crippen LogP contribution in [-0.4, -0.2) is 29.1 Å². The first kappa shape index (κ1) is 23.5. The number of nitrogens with zero attached hydrogens (tertiary/aromatic N) is 3. The van der Waals surface area contributed by atoms with Crippen LogP contribution in [0.4, 0.5) is 0 Å². The van der Waals surface area contributed by atoms with Gasteiger partial charge in [-0.05, 0) is 23.5 Å². The first-order chi connectivity index (χ1) is 12.7. The maximum absolute atomic E-state index is 4.35. The van der Waals surface area contributed by atoms with Crippen LogP contribution in [0, 0.1) is 5.92 Å². The molecular weight excluding hydrogens is 449 g/mol. The van der Waals surface area contributed by atoms with Crippen LogP contribution in [0.15, 0.2) is 48.0 Å². The molecule has 5 nitrogen and oxygen atoms in total. The second-order valence-corrected chi connectivity index (χ2v) is 6.78. The molecule has 0 amide bonds. The zero-order valence-electron chi connectivity index (χ0n) is 16.8. The maximum atomic E-state index is 4.35. The Kier molecular flexibility index (Phi) is 11.8. The van der Waals surface area contributed by atoms with Crippen LogP contribution in [-0.2, 0) is 13.1 Å². The number of imidazole rings is 1. The monoisotopic (exact) mass is 483 g/mol. The number of aromatic nitrogens is 2. The van der Waals surface area contributed by atoms with E-state index in [4.69, 9.17) is 0 Å². The summed E-state index contributed by atoms with van der Waals surface area (Å²) in [6.07, 6.45) is 10.7. The summed E-state index contributed by atoms with van der Waals surface area (Å²) in [5, 5.41) is 6.90. The molecule has 0 spiro atoms. The molecule has 150 valence electrons. The van der Waals surface area contributed by atoms with E-state index in [0.29, 0.717) is 5.92 Å². The van der Waals surface area contributed by atoms with Crippen molar-refractivity contribution in [3.63, 3.8) is 0 Å². The summed E-state index contributed by atoms with van der Waals surface area (Å²) in [5.41, 5.74) is 2.53. The van der Waals surface area contributed by atoms with Crippen molar-refractivity contribution in [2.45, 2.75) is 52.6 Å². The van der Waals surface area contributed by atoms with E-state index < -0.39 is 0 Å². The van der Waals surface area contributed by atoms with Crippen LogP contribution in [0.3, 0.4) is 0 Å². The number of nitrogens with one attached hydrogen (secondary N) is 2. The zero-order valence-corrected chi connectivity index (χ0v) is 19.1. The van der Waals surface area contributed by atoms with Crippen LogP contribution in [0.25, 0.3) is 0 Å². The largest absolute Gasteiger partial charge is 0.356 e. The van der Waals surface area contributed by atoms with Crippen molar-refractivity contribution in [3.05, 3.63) is 54.1 Å². The van der Waals surface area contributed by atoms with Crippen molar-refractivity contribution in [1.82, 2.24) is 20.2 Å². The SMILES string of the molecule is CCCCC(CC)CNC(=NC)NCc1cccc(Cn2ccnc2)c1.I. The molecular formula is C21H34IN5. The average Bonchev–Trinajstić information content (AvgIpc) is 3.17. The fraction of sp³-hybridized carbons (Fsp3) is 0.524. The third-order valence-corrected chi connectivity index (χ3v) is 4.70. The van der Waals surface area contributed by atoms with Gasteiger partial charge in [0.1, 0.15) is 0 Å². The highest BCUT2D eigenvalue weighted by Gasteiger charge is 2.07. The molecule has 0 aliphatic rings. The predicted octanol–water partition coefficient (Wildman–Crippen LogP) is 4.43. The third kappa shape index (κ3) is 8.77. The lowest BCUT2D eigenvalue weighted by atomic mass is 9.99. The normalized spacial score (nSPS) is 12.3. The summed E-state index contributed by atoms with van der Waals surface area (Å²) in [6, 6.07) is 8.64. The van der Waals surface area contributed by atoms with Gasteiger partial charge in [-0.25, -0.2) is 4.98 Å². The van der Waals surface area contributed by atoms with E-state index >= 15 is 0 Å². The fourth-order valence-corrected chi connectivity index (χ4v) is 3.02. The molecule has 0 aliphatic heterocycles. The molecule has 0 radical (unpaired) electrons. The summed E-state index contributed by atoms with van der Waals surface area (Å²) < 4.78 is 2.08. The van der Waals surface area contributed by atoms with Gasteiger partial charge in [-0.1, -0.05) is 57.4 Å². The Labute approximate surface area is 181 Å². The van der Waals surface area contributed by atoms with Crippen LogP contribution >= 0.6 is 24.0 Å². The molecule has 2 aromatic rings. The summed E-state index contributed by atoms with van der Waals surface area (Å²) in [6.45, 7) is 7.11. The van der Waals surface area contributed by atoms with E-state index in [1.807, 2.05) is 25.8 Å². The molecule has 0 fully saturated rings. The lowest BCUT2D eigenvalue weighted by molar-refractivity contribution is 0.443. The first-order valence-corrected chi connectivity index (χ1v) is 9.73. The topological polar surface area (TPSA) is 54.2 Å². The average molecular weight is 483 g/mol. The van der Waals surface area contributed by atoms with Gasteiger partial charge < -0.3 is 15.2 Å². The van der Waals surface area contributed by atoms with Crippen LogP contribution < -0.4 is 10.6 Å². The Morgan fingerprint density at radius 3 is 2.70 bits per heavy atom. The minimum absolute atomic E-state index is 0. The number of aliphatic imine (C=N–C) groups is 1. The van der Waals surface area contributed by atoms with Crippen molar-refractivity contribution in [1.29, 1.82) is 0 Å². The highest BCUT2D eigenvalue weighted by molar-refractivity contribution is 14.0. The van der Waals surface area contributed by atoms with Crippen LogP contribution in [0.2, 0.25) is 0 Å². The first-order valence-electron chi connectivity index (χ1n) is 9.73. The number of hydrogen-bond acceptors (Lipinski definition) is 2. The Hall–Kier alpha value is -1.57. The standard InChI is InChI=1S/C21H33N5.HI/c1-4-6-8-18(5-2)14-24-21(22-3)25-15-19-9-7-10-20(13-19)16-26-12-11-23-17-26;/h7,9-13,17-18H,4-6,8,14-16H2,1-3H3,(H2,22,24,25);1H. The van der Waals surface area contributed by atoms with Gasteiger partial charge in [0.2, 0.25) is 0 Å². The van der Waals surface area contributed by atoms with E-state index in [1.165, 1.54) is 36.8 Å². The van der Waals surface area contributed by atoms with E-state index in [0.717, 1.165) is 25.6 Å². The second kappa shape index (κ2) is 13.6. The number of hydrogen-bond donors (Lipinski definition) is 2. The van der Waals surface area contributed by atoms with Gasteiger partial charge >= 0.3 is 0 Å². The van der Waals surface area contributed by atoms with E-state index in [-0.39, 0.29) is 24.0 Å². The third-order valence-electron chi connectivity index (χ3n) is 4.70. The second-order valence-electron chi connectivity index (χ2n) is 6.78. The van der Waals surface area contributed by atoms with Crippen molar-refractivity contribution in [2.24, 2.45) is 10.9 Å². The fourth-order valence-electron chi connectivity index (χ4n) is 3.02. The summed E-state index contributed by atoms with van der Waals surface area (Å²) in [5.74, 6) is 1.59. The van der Waals surface area contributed by atoms with Gasteiger partial charge in [0.05, 0.1) is 6.33 Å². The van der Waals surface area contributed by atoms with E-state index in [9.17, 15) is 0 Å². The summed E-state index contributed by atoms with van der Waals surface area (Å²) >= 11 is 0. The van der Waals surface area contributed by atoms with Gasteiger partial charge in [0.25, 0.3) is 0 Å². The highest BCUT2D eigenvalue weighted by Crippen LogP contribution is 2.11. The summed E-state index contributed by atoms with van der Waals surface area (Å²) in [7, 11) is 1.83. The molecule has 0 saturated carbocycles. The minimum atomic E-state index is 0. The lowest BCUT2D eigenvalue weighted by Crippen LogP contribution is -2.39. The molecule has 1 heterocycles. The molecule has 6 heteroatoms. The van der Waals surface area contributed by atoms with Gasteiger partial charge in [0.15, 0.2) is 5.96 Å². The number of halogens is 1. The summed E-state index contributed by atoms with van der Waals surface area (Å²) in [4.78, 5) is 8.45. The molecule has 2 N–H and O–H groups in total. The van der Waals surface area contributed by atoms with Crippen molar-refractivity contribution < 1.29 is 0 Å². The Balaban J connectivity index is 0.00000364. The molecule has 0 bridgehead atoms. The Bertz CT molecular complexity index is 654. The van der Waals surface area contributed by atoms with Crippen LogP contribution in [0.5, 0.6) is 0 Å². The van der Waals surface area contributed by atoms with Crippen LogP contribution in [0.1, 0.15) is 50.7 Å². The molecule has 2 rings (SSSR count). The van der Waals surface area contributed by atoms with Gasteiger partial charge in [-0.15, -0.1) is 24.0 Å². The molecule has 1 aromatic carbocycles. The van der Waals surface area contributed by atoms with Gasteiger partial charge in [0, 0.05) is 39.1 Å². The van der Waals surface area contributed by atoms with Gasteiger partial charge in [-0.3, -0.25) is 4.99 Å². The number of unbranched alkanes of at least 4 members (excludes halogenated alkanes) is 1. The van der Waals surface area contributed by atoms with E-state index in [1.54, 1.807) is 0 Å². The predicted molar refractivity (Wildman–Crippen MR) is 125 cm³/mol. The maximum Gasteiger partial charge on any atom is 0.191 e. The minimum Gasteiger partial charge on any atom is -0.356 e. The molecule has 27 heavy (non-hydrogen) atoms. The number of benzene rings is 1. The van der Waals surface area contributed by atoms with Crippen molar-refractivity contribution in [2.75, 3.05) is 13.6 Å². The van der Waals surface area contributed by atoms with Crippen molar-refractivity contribution in [3.8, 4) is 0 Å². The molecule has 1 unspecified atom stereocenters. The van der Waals surface area contributed by atoms with Crippen molar-refractivity contribution >= 4 is 29.9 Å². The molecule has 0 saturated heterocycles. The lowest BCUT2D eigenvalue weighted by Gasteiger charge is -2.18. The Morgan fingerprint density at radius 1 is 1.22 bits per heavy atom.